The predicted octanol–water partition coefficient (Wildman–Crippen LogP) is 4.12. The van der Waals surface area contributed by atoms with Gasteiger partial charge in [0.25, 0.3) is 0 Å². The number of esters is 1. The Morgan fingerprint density at radius 1 is 1.43 bits per heavy atom. The number of anilines is 1. The van der Waals surface area contributed by atoms with Gasteiger partial charge in [0.2, 0.25) is 0 Å². The number of nitrogens with one attached hydrogen (secondary N) is 1. The highest BCUT2D eigenvalue weighted by Crippen LogP contribution is 2.31. The molecule has 1 atom stereocenters. The Hall–Kier alpha value is -1.40. The number of rotatable bonds is 7. The van der Waals surface area contributed by atoms with Gasteiger partial charge in [-0.1, -0.05) is 19.9 Å². The summed E-state index contributed by atoms with van der Waals surface area (Å²) in [6.07, 6.45) is 0.994. The van der Waals surface area contributed by atoms with E-state index in [9.17, 15) is 4.79 Å². The SMILES string of the molecule is COC(=O)CCc1csc(NC(c2cccs2)C(C)C)n1. The quantitative estimate of drug-likeness (QED) is 0.778. The van der Waals surface area contributed by atoms with Gasteiger partial charge in [-0.2, -0.15) is 0 Å². The Bertz CT molecular complexity index is 564. The third-order valence-electron chi connectivity index (χ3n) is 3.16. The molecule has 0 aromatic carbocycles. The molecule has 0 bridgehead atoms. The molecule has 0 saturated heterocycles. The van der Waals surface area contributed by atoms with Crippen LogP contribution in [0.25, 0.3) is 0 Å². The summed E-state index contributed by atoms with van der Waals surface area (Å²) in [6.45, 7) is 4.40. The van der Waals surface area contributed by atoms with Crippen molar-refractivity contribution in [2.45, 2.75) is 32.7 Å². The second-order valence-electron chi connectivity index (χ2n) is 5.10. The maximum absolute atomic E-state index is 11.2. The molecule has 4 nitrogen and oxygen atoms in total. The van der Waals surface area contributed by atoms with Crippen molar-refractivity contribution in [3.05, 3.63) is 33.5 Å². The van der Waals surface area contributed by atoms with Gasteiger partial charge in [-0.3, -0.25) is 4.79 Å². The van der Waals surface area contributed by atoms with Crippen LogP contribution in [0.15, 0.2) is 22.9 Å². The van der Waals surface area contributed by atoms with E-state index in [1.165, 1.54) is 12.0 Å². The van der Waals surface area contributed by atoms with Crippen LogP contribution in [0.4, 0.5) is 5.13 Å². The van der Waals surface area contributed by atoms with E-state index in [0.717, 1.165) is 10.8 Å². The van der Waals surface area contributed by atoms with E-state index >= 15 is 0 Å². The fourth-order valence-electron chi connectivity index (χ4n) is 1.99. The normalized spacial score (nSPS) is 12.4. The molecule has 0 amide bonds. The first-order chi connectivity index (χ1) is 10.1. The van der Waals surface area contributed by atoms with Gasteiger partial charge in [0.15, 0.2) is 5.13 Å². The molecular weight excluding hydrogens is 304 g/mol. The van der Waals surface area contributed by atoms with Crippen LogP contribution in [0.3, 0.4) is 0 Å². The zero-order valence-corrected chi connectivity index (χ0v) is 14.1. The van der Waals surface area contributed by atoms with Gasteiger partial charge in [0.1, 0.15) is 0 Å². The number of thiazole rings is 1. The van der Waals surface area contributed by atoms with Crippen LogP contribution in [-0.2, 0) is 16.0 Å². The van der Waals surface area contributed by atoms with E-state index in [1.54, 1.807) is 22.7 Å². The monoisotopic (exact) mass is 324 g/mol. The van der Waals surface area contributed by atoms with Crippen molar-refractivity contribution in [3.8, 4) is 0 Å². The summed E-state index contributed by atoms with van der Waals surface area (Å²) in [7, 11) is 1.41. The number of hydrogen-bond donors (Lipinski definition) is 1. The minimum absolute atomic E-state index is 0.198. The number of methoxy groups -OCH3 is 1. The highest BCUT2D eigenvalue weighted by Gasteiger charge is 2.18. The van der Waals surface area contributed by atoms with Crippen LogP contribution < -0.4 is 5.32 Å². The van der Waals surface area contributed by atoms with Crippen molar-refractivity contribution in [1.29, 1.82) is 0 Å². The first-order valence-corrected chi connectivity index (χ1v) is 8.67. The van der Waals surface area contributed by atoms with Crippen LogP contribution in [0.2, 0.25) is 0 Å². The molecule has 0 aliphatic heterocycles. The first-order valence-electron chi connectivity index (χ1n) is 6.91. The zero-order valence-electron chi connectivity index (χ0n) is 12.5. The van der Waals surface area contributed by atoms with Gasteiger partial charge in [0, 0.05) is 16.7 Å². The number of aromatic nitrogens is 1. The molecule has 2 aromatic heterocycles. The Morgan fingerprint density at radius 2 is 2.24 bits per heavy atom. The van der Waals surface area contributed by atoms with Crippen LogP contribution in [0.5, 0.6) is 0 Å². The average Bonchev–Trinajstić information content (AvgIpc) is 3.13. The molecule has 0 saturated carbocycles. The standard InChI is InChI=1S/C15H20N2O2S2/c1-10(2)14(12-5-4-8-20-12)17-15-16-11(9-21-15)6-7-13(18)19-3/h4-5,8-10,14H,6-7H2,1-3H3,(H,16,17). The molecule has 6 heteroatoms. The second-order valence-corrected chi connectivity index (χ2v) is 6.94. The van der Waals surface area contributed by atoms with E-state index in [4.69, 9.17) is 0 Å². The lowest BCUT2D eigenvalue weighted by Crippen LogP contribution is -2.15. The first kappa shape index (κ1) is 16.0. The van der Waals surface area contributed by atoms with Crippen LogP contribution in [0.1, 0.15) is 36.9 Å². The van der Waals surface area contributed by atoms with E-state index < -0.39 is 0 Å². The number of hydrogen-bond acceptors (Lipinski definition) is 6. The fourth-order valence-corrected chi connectivity index (χ4v) is 3.72. The molecule has 114 valence electrons. The highest BCUT2D eigenvalue weighted by molar-refractivity contribution is 7.13. The molecule has 2 aromatic rings. The van der Waals surface area contributed by atoms with Gasteiger partial charge in [-0.05, 0) is 17.4 Å². The summed E-state index contributed by atoms with van der Waals surface area (Å²) in [6, 6.07) is 4.49. The molecule has 21 heavy (non-hydrogen) atoms. The van der Waals surface area contributed by atoms with E-state index in [0.29, 0.717) is 18.8 Å². The highest BCUT2D eigenvalue weighted by atomic mass is 32.1. The summed E-state index contributed by atoms with van der Waals surface area (Å²) in [5.41, 5.74) is 0.932. The maximum Gasteiger partial charge on any atom is 0.305 e. The number of carbonyl (C=O) groups excluding carboxylic acids is 1. The summed E-state index contributed by atoms with van der Waals surface area (Å²) in [4.78, 5) is 17.0. The third kappa shape index (κ3) is 4.54. The summed E-state index contributed by atoms with van der Waals surface area (Å²) >= 11 is 3.34. The number of ether oxygens (including phenoxy) is 1. The van der Waals surface area contributed by atoms with Gasteiger partial charge in [0.05, 0.1) is 25.3 Å². The summed E-state index contributed by atoms with van der Waals surface area (Å²) < 4.78 is 4.65. The van der Waals surface area contributed by atoms with Crippen molar-refractivity contribution in [3.63, 3.8) is 0 Å². The molecule has 0 radical (unpaired) electrons. The van der Waals surface area contributed by atoms with E-state index in [1.807, 2.05) is 5.38 Å². The second kappa shape index (κ2) is 7.56. The summed E-state index contributed by atoms with van der Waals surface area (Å²) in [5.74, 6) is 0.280. The Labute approximate surface area is 133 Å². The van der Waals surface area contributed by atoms with Crippen LogP contribution >= 0.6 is 22.7 Å². The predicted molar refractivity (Wildman–Crippen MR) is 88.0 cm³/mol. The van der Waals surface area contributed by atoms with Crippen molar-refractivity contribution in [2.75, 3.05) is 12.4 Å². The minimum atomic E-state index is -0.198. The maximum atomic E-state index is 11.2. The largest absolute Gasteiger partial charge is 0.469 e. The van der Waals surface area contributed by atoms with Gasteiger partial charge < -0.3 is 10.1 Å². The lowest BCUT2D eigenvalue weighted by Gasteiger charge is -2.20. The van der Waals surface area contributed by atoms with Gasteiger partial charge >= 0.3 is 5.97 Å². The molecular formula is C15H20N2O2S2. The van der Waals surface area contributed by atoms with Crippen LogP contribution in [0, 0.1) is 5.92 Å². The van der Waals surface area contributed by atoms with E-state index in [-0.39, 0.29) is 12.0 Å². The Kier molecular flexibility index (Phi) is 5.76. The number of thiophene rings is 1. The molecule has 0 fully saturated rings. The molecule has 1 N–H and O–H groups in total. The fraction of sp³-hybridized carbons (Fsp3) is 0.467. The van der Waals surface area contributed by atoms with E-state index in [2.05, 4.69) is 46.4 Å². The van der Waals surface area contributed by atoms with Crippen molar-refractivity contribution in [2.24, 2.45) is 5.92 Å². The minimum Gasteiger partial charge on any atom is -0.469 e. The van der Waals surface area contributed by atoms with Gasteiger partial charge in [-0.15, -0.1) is 22.7 Å². The molecule has 0 aliphatic carbocycles. The molecule has 2 heterocycles. The molecule has 1 unspecified atom stereocenters. The third-order valence-corrected chi connectivity index (χ3v) is 4.94. The van der Waals surface area contributed by atoms with Gasteiger partial charge in [-0.25, -0.2) is 4.98 Å². The molecule has 0 spiro atoms. The smallest absolute Gasteiger partial charge is 0.305 e. The Balaban J connectivity index is 1.99. The lowest BCUT2D eigenvalue weighted by atomic mass is 10.0. The number of carbonyl (C=O) groups is 1. The van der Waals surface area contributed by atoms with Crippen molar-refractivity contribution >= 4 is 33.8 Å². The number of nitrogens with zero attached hydrogens (tertiary/aromatic N) is 1. The Morgan fingerprint density at radius 3 is 2.86 bits per heavy atom. The topological polar surface area (TPSA) is 51.2 Å². The van der Waals surface area contributed by atoms with Crippen molar-refractivity contribution in [1.82, 2.24) is 4.98 Å². The number of aryl methyl sites for hydroxylation is 1. The zero-order chi connectivity index (χ0) is 15.2. The average molecular weight is 324 g/mol. The molecule has 0 aliphatic rings. The van der Waals surface area contributed by atoms with Crippen LogP contribution in [-0.4, -0.2) is 18.1 Å². The lowest BCUT2D eigenvalue weighted by molar-refractivity contribution is -0.140. The summed E-state index contributed by atoms with van der Waals surface area (Å²) in [5, 5.41) is 8.50. The molecule has 2 rings (SSSR count). The van der Waals surface area contributed by atoms with Crippen molar-refractivity contribution < 1.29 is 9.53 Å².